The quantitative estimate of drug-likeness (QED) is 0.787. The lowest BCUT2D eigenvalue weighted by molar-refractivity contribution is -0.672. The number of aliphatic hydroxyl groups excluding tert-OH is 1. The molecule has 0 fully saturated rings. The molecule has 126 valence electrons. The topological polar surface area (TPSA) is 80.9 Å². The van der Waals surface area contributed by atoms with Gasteiger partial charge >= 0.3 is 0 Å². The van der Waals surface area contributed by atoms with Gasteiger partial charge in [-0.15, -0.1) is 0 Å². The molecule has 1 aromatic carbocycles. The number of rotatable bonds is 5. The lowest BCUT2D eigenvalue weighted by atomic mass is 10.1. The number of fused-ring (bicyclic) bond motifs is 1. The van der Waals surface area contributed by atoms with Gasteiger partial charge in [-0.2, -0.15) is 0 Å². The van der Waals surface area contributed by atoms with E-state index in [-0.39, 0.29) is 19.3 Å². The van der Waals surface area contributed by atoms with E-state index in [0.29, 0.717) is 34.9 Å². The van der Waals surface area contributed by atoms with Crippen LogP contribution in [0, 0.1) is 0 Å². The Morgan fingerprint density at radius 3 is 2.88 bits per heavy atom. The number of ether oxygens (including phenoxy) is 3. The number of nitrogens with zero attached hydrogens (tertiary/aromatic N) is 1. The highest BCUT2D eigenvalue weighted by Crippen LogP contribution is 2.32. The van der Waals surface area contributed by atoms with Crippen LogP contribution in [-0.4, -0.2) is 24.9 Å². The van der Waals surface area contributed by atoms with E-state index in [1.807, 2.05) is 18.2 Å². The summed E-state index contributed by atoms with van der Waals surface area (Å²) in [4.78, 5) is 12.6. The van der Waals surface area contributed by atoms with Crippen LogP contribution < -0.4 is 24.1 Å². The van der Waals surface area contributed by atoms with Crippen molar-refractivity contribution in [3.8, 4) is 17.2 Å². The SMILES string of the molecule is COc1c[n+](C)cc(CO)c1C(=O)NCc1ccc2c(c1)OCO2. The normalized spacial score (nSPS) is 12.1. The molecule has 1 aliphatic rings. The Bertz CT molecular complexity index is 751. The maximum atomic E-state index is 12.6. The summed E-state index contributed by atoms with van der Waals surface area (Å²) >= 11 is 0. The van der Waals surface area contributed by atoms with E-state index in [0.717, 1.165) is 5.56 Å². The number of aryl methyl sites for hydroxylation is 1. The number of aliphatic hydroxyl groups is 1. The smallest absolute Gasteiger partial charge is 0.256 e. The number of methoxy groups -OCH3 is 1. The third-order valence-electron chi connectivity index (χ3n) is 3.76. The molecule has 1 aromatic heterocycles. The first kappa shape index (κ1) is 16.1. The first-order chi connectivity index (χ1) is 11.6. The lowest BCUT2D eigenvalue weighted by Crippen LogP contribution is -2.32. The van der Waals surface area contributed by atoms with Gasteiger partial charge in [0.25, 0.3) is 5.91 Å². The third-order valence-corrected chi connectivity index (χ3v) is 3.76. The zero-order valence-electron chi connectivity index (χ0n) is 13.5. The Labute approximate surface area is 139 Å². The van der Waals surface area contributed by atoms with Crippen molar-refractivity contribution in [2.24, 2.45) is 7.05 Å². The number of pyridine rings is 1. The van der Waals surface area contributed by atoms with E-state index >= 15 is 0 Å². The van der Waals surface area contributed by atoms with E-state index in [2.05, 4.69) is 5.32 Å². The summed E-state index contributed by atoms with van der Waals surface area (Å²) in [5.41, 5.74) is 1.72. The van der Waals surface area contributed by atoms with Crippen molar-refractivity contribution in [3.05, 3.63) is 47.3 Å². The number of hydrogen-bond acceptors (Lipinski definition) is 5. The van der Waals surface area contributed by atoms with Crippen LogP contribution >= 0.6 is 0 Å². The zero-order valence-corrected chi connectivity index (χ0v) is 13.5. The molecule has 7 nitrogen and oxygen atoms in total. The highest BCUT2D eigenvalue weighted by Gasteiger charge is 2.21. The number of benzene rings is 1. The predicted octanol–water partition coefficient (Wildman–Crippen LogP) is 0.671. The molecule has 2 heterocycles. The Morgan fingerprint density at radius 2 is 2.12 bits per heavy atom. The van der Waals surface area contributed by atoms with Crippen molar-refractivity contribution in [3.63, 3.8) is 0 Å². The Hall–Kier alpha value is -2.80. The highest BCUT2D eigenvalue weighted by molar-refractivity contribution is 5.98. The lowest BCUT2D eigenvalue weighted by Gasteiger charge is -2.11. The van der Waals surface area contributed by atoms with Crippen molar-refractivity contribution < 1.29 is 28.7 Å². The largest absolute Gasteiger partial charge is 0.490 e. The molecular formula is C17H19N2O5+. The van der Waals surface area contributed by atoms with Gasteiger partial charge in [0, 0.05) is 6.54 Å². The number of aromatic nitrogens is 1. The van der Waals surface area contributed by atoms with Gasteiger partial charge < -0.3 is 24.6 Å². The fraction of sp³-hybridized carbons (Fsp3) is 0.294. The highest BCUT2D eigenvalue weighted by atomic mass is 16.7. The maximum Gasteiger partial charge on any atom is 0.256 e. The van der Waals surface area contributed by atoms with Crippen LogP contribution in [0.3, 0.4) is 0 Å². The standard InChI is InChI=1S/C17H18N2O5/c1-19-7-12(9-20)16(15(8-19)22-2)17(21)18-6-11-3-4-13-14(5-11)24-10-23-13/h3-5,7-8,20H,6,9-10H2,1-2H3/p+1. The molecule has 0 saturated carbocycles. The maximum absolute atomic E-state index is 12.6. The van der Waals surface area contributed by atoms with Crippen molar-refractivity contribution in [2.75, 3.05) is 13.9 Å². The van der Waals surface area contributed by atoms with Gasteiger partial charge in [0.2, 0.25) is 13.0 Å². The predicted molar refractivity (Wildman–Crippen MR) is 83.8 cm³/mol. The summed E-state index contributed by atoms with van der Waals surface area (Å²) < 4.78 is 17.6. The Morgan fingerprint density at radius 1 is 1.33 bits per heavy atom. The van der Waals surface area contributed by atoms with Gasteiger partial charge in [0.15, 0.2) is 23.4 Å². The van der Waals surface area contributed by atoms with Gasteiger partial charge in [0.05, 0.1) is 24.8 Å². The Kier molecular flexibility index (Phi) is 4.52. The van der Waals surface area contributed by atoms with Crippen LogP contribution in [0.25, 0.3) is 0 Å². The summed E-state index contributed by atoms with van der Waals surface area (Å²) in [6, 6.07) is 5.51. The number of carbonyl (C=O) groups is 1. The van der Waals surface area contributed by atoms with E-state index < -0.39 is 0 Å². The number of hydrogen-bond donors (Lipinski definition) is 2. The average Bonchev–Trinajstić information content (AvgIpc) is 3.06. The second-order valence-electron chi connectivity index (χ2n) is 5.42. The van der Waals surface area contributed by atoms with Gasteiger partial charge in [0.1, 0.15) is 7.05 Å². The summed E-state index contributed by atoms with van der Waals surface area (Å²) in [5.74, 6) is 1.47. The molecule has 24 heavy (non-hydrogen) atoms. The first-order valence-corrected chi connectivity index (χ1v) is 7.46. The molecule has 2 N–H and O–H groups in total. The van der Waals surface area contributed by atoms with E-state index in [1.54, 1.807) is 24.0 Å². The van der Waals surface area contributed by atoms with Crippen LogP contribution in [-0.2, 0) is 20.2 Å². The molecule has 0 aliphatic carbocycles. The summed E-state index contributed by atoms with van der Waals surface area (Å²) in [6.45, 7) is 0.283. The molecule has 0 radical (unpaired) electrons. The summed E-state index contributed by atoms with van der Waals surface area (Å²) in [7, 11) is 3.29. The molecule has 2 aromatic rings. The molecule has 0 saturated heterocycles. The van der Waals surface area contributed by atoms with Gasteiger partial charge in [-0.25, -0.2) is 4.57 Å². The van der Waals surface area contributed by atoms with Crippen LogP contribution in [0.15, 0.2) is 30.6 Å². The van der Waals surface area contributed by atoms with Crippen molar-refractivity contribution in [1.29, 1.82) is 0 Å². The molecular weight excluding hydrogens is 312 g/mol. The first-order valence-electron chi connectivity index (χ1n) is 7.46. The minimum Gasteiger partial charge on any atom is -0.490 e. The number of carbonyl (C=O) groups excluding carboxylic acids is 1. The second kappa shape index (κ2) is 6.76. The third kappa shape index (κ3) is 3.11. The molecule has 3 rings (SSSR count). The average molecular weight is 331 g/mol. The van der Waals surface area contributed by atoms with Crippen molar-refractivity contribution >= 4 is 5.91 Å². The molecule has 0 unspecified atom stereocenters. The van der Waals surface area contributed by atoms with Crippen molar-refractivity contribution in [2.45, 2.75) is 13.2 Å². The molecule has 1 aliphatic heterocycles. The Balaban J connectivity index is 1.78. The van der Waals surface area contributed by atoms with Gasteiger partial charge in [-0.3, -0.25) is 4.79 Å². The van der Waals surface area contributed by atoms with Crippen LogP contribution in [0.1, 0.15) is 21.5 Å². The van der Waals surface area contributed by atoms with Crippen LogP contribution in [0.2, 0.25) is 0 Å². The number of amides is 1. The molecule has 7 heteroatoms. The van der Waals surface area contributed by atoms with Crippen LogP contribution in [0.4, 0.5) is 0 Å². The van der Waals surface area contributed by atoms with Gasteiger partial charge in [-0.1, -0.05) is 6.07 Å². The minimum absolute atomic E-state index is 0.212. The van der Waals surface area contributed by atoms with E-state index in [1.165, 1.54) is 7.11 Å². The van der Waals surface area contributed by atoms with Crippen LogP contribution in [0.5, 0.6) is 17.2 Å². The van der Waals surface area contributed by atoms with Gasteiger partial charge in [-0.05, 0) is 17.7 Å². The summed E-state index contributed by atoms with van der Waals surface area (Å²) in [6.07, 6.45) is 3.38. The zero-order chi connectivity index (χ0) is 17.1. The fourth-order valence-corrected chi connectivity index (χ4v) is 2.61. The molecule has 1 amide bonds. The van der Waals surface area contributed by atoms with Crippen molar-refractivity contribution in [1.82, 2.24) is 5.32 Å². The fourth-order valence-electron chi connectivity index (χ4n) is 2.61. The minimum atomic E-state index is -0.311. The summed E-state index contributed by atoms with van der Waals surface area (Å²) in [5, 5.41) is 12.4. The monoisotopic (exact) mass is 331 g/mol. The van der Waals surface area contributed by atoms with E-state index in [4.69, 9.17) is 14.2 Å². The molecule has 0 atom stereocenters. The molecule has 0 spiro atoms. The molecule has 0 bridgehead atoms. The second-order valence-corrected chi connectivity index (χ2v) is 5.42. The number of nitrogens with one attached hydrogen (secondary N) is 1. The van der Waals surface area contributed by atoms with E-state index in [9.17, 15) is 9.90 Å².